The summed E-state index contributed by atoms with van der Waals surface area (Å²) >= 11 is 0. The van der Waals surface area contributed by atoms with Crippen LogP contribution < -0.4 is 0 Å². The molecule has 1 aliphatic heterocycles. The Kier molecular flexibility index (Phi) is 4.70. The van der Waals surface area contributed by atoms with Crippen molar-refractivity contribution in [1.29, 1.82) is 0 Å². The number of H-pyrrole nitrogens is 1. The third kappa shape index (κ3) is 3.59. The fourth-order valence-electron chi connectivity index (χ4n) is 4.37. The average molecular weight is 389 g/mol. The normalized spacial score (nSPS) is 16.4. The van der Waals surface area contributed by atoms with Crippen LogP contribution in [0.25, 0.3) is 27.4 Å². The Morgan fingerprint density at radius 3 is 2.86 bits per heavy atom. The van der Waals surface area contributed by atoms with E-state index in [1.54, 1.807) is 6.07 Å². The van der Waals surface area contributed by atoms with Gasteiger partial charge in [0.05, 0.1) is 6.10 Å². The first-order valence-corrected chi connectivity index (χ1v) is 10.1. The standard InChI is InChI=1S/C24H24FN3O/c25-19-5-6-24-18(13-19)9-12-28(24)16-20(29)15-27-10-7-17(8-11-27)22-14-26-23-4-2-1-3-21(22)23/h1-7,9,12-14,20,26,29H,8,10-11,15-16H2. The van der Waals surface area contributed by atoms with Gasteiger partial charge in [-0.15, -0.1) is 0 Å². The Hall–Kier alpha value is -2.89. The predicted molar refractivity (Wildman–Crippen MR) is 115 cm³/mol. The van der Waals surface area contributed by atoms with Crippen LogP contribution in [0.15, 0.2) is 67.0 Å². The van der Waals surface area contributed by atoms with Gasteiger partial charge in [0, 0.05) is 65.9 Å². The molecule has 2 N–H and O–H groups in total. The molecular formula is C24H24FN3O. The van der Waals surface area contributed by atoms with Crippen molar-refractivity contribution in [3.8, 4) is 0 Å². The van der Waals surface area contributed by atoms with Gasteiger partial charge in [0.2, 0.25) is 0 Å². The highest BCUT2D eigenvalue weighted by atomic mass is 19.1. The molecule has 0 spiro atoms. The Labute approximate surface area is 168 Å². The highest BCUT2D eigenvalue weighted by molar-refractivity contribution is 5.92. The summed E-state index contributed by atoms with van der Waals surface area (Å²) in [6.07, 6.45) is 6.79. The van der Waals surface area contributed by atoms with E-state index in [9.17, 15) is 9.50 Å². The second-order valence-electron chi connectivity index (χ2n) is 7.81. The first kappa shape index (κ1) is 18.2. The molecule has 1 unspecified atom stereocenters. The van der Waals surface area contributed by atoms with Crippen LogP contribution in [0.5, 0.6) is 0 Å². The highest BCUT2D eigenvalue weighted by Crippen LogP contribution is 2.29. The zero-order valence-electron chi connectivity index (χ0n) is 16.2. The topological polar surface area (TPSA) is 44.2 Å². The number of β-amino-alcohol motifs (C(OH)–C–C–N with tert-alkyl or cyclic N) is 1. The molecule has 4 aromatic rings. The van der Waals surface area contributed by atoms with E-state index in [0.29, 0.717) is 13.1 Å². The fourth-order valence-corrected chi connectivity index (χ4v) is 4.37. The average Bonchev–Trinajstić information content (AvgIpc) is 3.33. The van der Waals surface area contributed by atoms with E-state index < -0.39 is 6.10 Å². The third-order valence-electron chi connectivity index (χ3n) is 5.84. The van der Waals surface area contributed by atoms with Crippen LogP contribution in [0.4, 0.5) is 4.39 Å². The minimum atomic E-state index is -0.473. The zero-order valence-corrected chi connectivity index (χ0v) is 16.2. The van der Waals surface area contributed by atoms with Crippen molar-refractivity contribution in [1.82, 2.24) is 14.5 Å². The minimum Gasteiger partial charge on any atom is -0.390 e. The van der Waals surface area contributed by atoms with Crippen molar-refractivity contribution in [2.75, 3.05) is 19.6 Å². The van der Waals surface area contributed by atoms with Gasteiger partial charge in [-0.3, -0.25) is 4.90 Å². The third-order valence-corrected chi connectivity index (χ3v) is 5.84. The molecule has 0 radical (unpaired) electrons. The van der Waals surface area contributed by atoms with Crippen molar-refractivity contribution in [3.63, 3.8) is 0 Å². The number of aromatic amines is 1. The van der Waals surface area contributed by atoms with Gasteiger partial charge in [-0.2, -0.15) is 0 Å². The lowest BCUT2D eigenvalue weighted by atomic mass is 9.99. The predicted octanol–water partition coefficient (Wildman–Crippen LogP) is 4.41. The van der Waals surface area contributed by atoms with Gasteiger partial charge < -0.3 is 14.7 Å². The van der Waals surface area contributed by atoms with Crippen molar-refractivity contribution in [2.24, 2.45) is 0 Å². The van der Waals surface area contributed by atoms with Crippen molar-refractivity contribution < 1.29 is 9.50 Å². The van der Waals surface area contributed by atoms with Crippen LogP contribution in [0.2, 0.25) is 0 Å². The molecule has 0 fully saturated rings. The Balaban J connectivity index is 1.24. The molecule has 0 saturated carbocycles. The van der Waals surface area contributed by atoms with Crippen LogP contribution in [0.1, 0.15) is 12.0 Å². The quantitative estimate of drug-likeness (QED) is 0.531. The van der Waals surface area contributed by atoms with Crippen molar-refractivity contribution in [2.45, 2.75) is 19.1 Å². The number of fused-ring (bicyclic) bond motifs is 2. The van der Waals surface area contributed by atoms with E-state index in [1.165, 1.54) is 34.2 Å². The van der Waals surface area contributed by atoms with Gasteiger partial charge in [-0.25, -0.2) is 4.39 Å². The molecule has 0 amide bonds. The van der Waals surface area contributed by atoms with Gasteiger partial charge >= 0.3 is 0 Å². The number of nitrogens with zero attached hydrogens (tertiary/aromatic N) is 2. The Morgan fingerprint density at radius 2 is 2.00 bits per heavy atom. The molecule has 2 aromatic carbocycles. The number of halogens is 1. The Bertz CT molecular complexity index is 1190. The second kappa shape index (κ2) is 7.50. The summed E-state index contributed by atoms with van der Waals surface area (Å²) in [6, 6.07) is 15.0. The number of hydrogen-bond donors (Lipinski definition) is 2. The lowest BCUT2D eigenvalue weighted by Crippen LogP contribution is -2.37. The van der Waals surface area contributed by atoms with E-state index in [0.717, 1.165) is 30.4 Å². The molecule has 0 saturated heterocycles. The molecular weight excluding hydrogens is 365 g/mol. The maximum atomic E-state index is 13.4. The van der Waals surface area contributed by atoms with Gasteiger partial charge in [0.1, 0.15) is 5.82 Å². The van der Waals surface area contributed by atoms with E-state index in [1.807, 2.05) is 22.9 Å². The summed E-state index contributed by atoms with van der Waals surface area (Å²) in [5.74, 6) is -0.234. The number of aliphatic hydroxyl groups excluding tert-OH is 1. The summed E-state index contributed by atoms with van der Waals surface area (Å²) in [4.78, 5) is 5.64. The minimum absolute atomic E-state index is 0.234. The molecule has 1 aliphatic rings. The van der Waals surface area contributed by atoms with Gasteiger partial charge in [-0.1, -0.05) is 24.3 Å². The molecule has 0 aliphatic carbocycles. The maximum Gasteiger partial charge on any atom is 0.123 e. The fraction of sp³-hybridized carbons (Fsp3) is 0.250. The van der Waals surface area contributed by atoms with Gasteiger partial charge in [0.25, 0.3) is 0 Å². The van der Waals surface area contributed by atoms with Crippen LogP contribution in [0.3, 0.4) is 0 Å². The van der Waals surface area contributed by atoms with Crippen LogP contribution in [-0.4, -0.2) is 45.3 Å². The first-order chi connectivity index (χ1) is 14.2. The lowest BCUT2D eigenvalue weighted by Gasteiger charge is -2.28. The summed E-state index contributed by atoms with van der Waals surface area (Å²) in [5.41, 5.74) is 4.77. The number of benzene rings is 2. The number of nitrogens with one attached hydrogen (secondary N) is 1. The van der Waals surface area contributed by atoms with Crippen LogP contribution in [-0.2, 0) is 6.54 Å². The molecule has 148 valence electrons. The second-order valence-corrected chi connectivity index (χ2v) is 7.81. The molecule has 0 bridgehead atoms. The molecule has 1 atom stereocenters. The van der Waals surface area contributed by atoms with E-state index >= 15 is 0 Å². The van der Waals surface area contributed by atoms with E-state index in [4.69, 9.17) is 0 Å². The van der Waals surface area contributed by atoms with Crippen LogP contribution in [0, 0.1) is 5.82 Å². The monoisotopic (exact) mass is 389 g/mol. The van der Waals surface area contributed by atoms with Gasteiger partial charge in [-0.05, 0) is 42.3 Å². The largest absolute Gasteiger partial charge is 0.390 e. The number of para-hydroxylation sites is 1. The van der Waals surface area contributed by atoms with E-state index in [-0.39, 0.29) is 5.82 Å². The molecule has 29 heavy (non-hydrogen) atoms. The summed E-state index contributed by atoms with van der Waals surface area (Å²) in [6.45, 7) is 2.90. The van der Waals surface area contributed by atoms with Crippen LogP contribution >= 0.6 is 0 Å². The SMILES string of the molecule is OC(CN1CC=C(c2c[nH]c3ccccc23)CC1)Cn1ccc2cc(F)ccc21. The lowest BCUT2D eigenvalue weighted by molar-refractivity contribution is 0.104. The smallest absolute Gasteiger partial charge is 0.123 e. The molecule has 3 heterocycles. The molecule has 2 aromatic heterocycles. The number of aliphatic hydroxyl groups is 1. The molecule has 5 heteroatoms. The van der Waals surface area contributed by atoms with Crippen molar-refractivity contribution >= 4 is 27.4 Å². The zero-order chi connectivity index (χ0) is 19.8. The summed E-state index contributed by atoms with van der Waals surface area (Å²) < 4.78 is 15.4. The maximum absolute atomic E-state index is 13.4. The molecule has 5 rings (SSSR count). The number of rotatable bonds is 5. The van der Waals surface area contributed by atoms with Gasteiger partial charge in [0.15, 0.2) is 0 Å². The summed E-state index contributed by atoms with van der Waals surface area (Å²) in [5, 5.41) is 12.7. The highest BCUT2D eigenvalue weighted by Gasteiger charge is 2.18. The summed E-state index contributed by atoms with van der Waals surface area (Å²) in [7, 11) is 0. The Morgan fingerprint density at radius 1 is 1.10 bits per heavy atom. The number of aromatic nitrogens is 2. The van der Waals surface area contributed by atoms with E-state index in [2.05, 4.69) is 40.4 Å². The van der Waals surface area contributed by atoms with Crippen molar-refractivity contribution in [3.05, 3.63) is 78.4 Å². The molecule has 4 nitrogen and oxygen atoms in total. The number of hydrogen-bond acceptors (Lipinski definition) is 2. The first-order valence-electron chi connectivity index (χ1n) is 10.1.